The molecule has 8 heteroatoms. The summed E-state index contributed by atoms with van der Waals surface area (Å²) in [7, 11) is 1.58. The molecule has 2 amide bonds. The molecule has 0 spiro atoms. The minimum absolute atomic E-state index is 0.0524. The summed E-state index contributed by atoms with van der Waals surface area (Å²) in [6.45, 7) is 1.82. The maximum absolute atomic E-state index is 12.5. The van der Waals surface area contributed by atoms with Crippen LogP contribution in [0.2, 0.25) is 0 Å². The number of carbonyl (C=O) groups excluding carboxylic acids is 2. The summed E-state index contributed by atoms with van der Waals surface area (Å²) >= 11 is 0. The lowest BCUT2D eigenvalue weighted by Crippen LogP contribution is -2.34. The first-order chi connectivity index (χ1) is 13.5. The van der Waals surface area contributed by atoms with E-state index in [9.17, 15) is 9.59 Å². The van der Waals surface area contributed by atoms with E-state index < -0.39 is 0 Å². The van der Waals surface area contributed by atoms with Gasteiger partial charge >= 0.3 is 0 Å². The highest BCUT2D eigenvalue weighted by atomic mass is 16.5. The zero-order valence-electron chi connectivity index (χ0n) is 15.6. The van der Waals surface area contributed by atoms with Crippen molar-refractivity contribution in [2.75, 3.05) is 18.9 Å². The van der Waals surface area contributed by atoms with Crippen molar-refractivity contribution in [1.82, 2.24) is 15.0 Å². The number of rotatable bonds is 7. The van der Waals surface area contributed by atoms with E-state index in [0.29, 0.717) is 28.7 Å². The first-order valence-corrected chi connectivity index (χ1v) is 8.63. The highest BCUT2D eigenvalue weighted by molar-refractivity contribution is 5.99. The number of aromatic nitrogens is 2. The van der Waals surface area contributed by atoms with Crippen molar-refractivity contribution in [1.29, 1.82) is 0 Å². The van der Waals surface area contributed by atoms with Crippen LogP contribution in [0.5, 0.6) is 5.75 Å². The maximum atomic E-state index is 12.5. The Morgan fingerprint density at radius 2 is 1.82 bits per heavy atom. The van der Waals surface area contributed by atoms with Gasteiger partial charge in [0.15, 0.2) is 6.61 Å². The summed E-state index contributed by atoms with van der Waals surface area (Å²) in [6, 6.07) is 15.7. The molecule has 0 bridgehead atoms. The van der Waals surface area contributed by atoms with Gasteiger partial charge in [0.05, 0.1) is 6.54 Å². The van der Waals surface area contributed by atoms with Gasteiger partial charge in [-0.3, -0.25) is 9.59 Å². The van der Waals surface area contributed by atoms with Crippen LogP contribution >= 0.6 is 0 Å². The molecule has 0 atom stereocenters. The van der Waals surface area contributed by atoms with E-state index in [1.54, 1.807) is 50.4 Å². The number of likely N-dealkylation sites (N-methyl/N-ethyl adjacent to an activating group) is 1. The number of nitrogens with zero attached hydrogens (tertiary/aromatic N) is 3. The molecule has 0 saturated heterocycles. The van der Waals surface area contributed by atoms with Crippen LogP contribution in [0, 0.1) is 6.92 Å². The summed E-state index contributed by atoms with van der Waals surface area (Å²) in [5, 5.41) is 6.50. The number of hydrogen-bond acceptors (Lipinski definition) is 6. The summed E-state index contributed by atoms with van der Waals surface area (Å²) < 4.78 is 10.4. The molecular weight excluding hydrogens is 360 g/mol. The predicted molar refractivity (Wildman–Crippen MR) is 102 cm³/mol. The van der Waals surface area contributed by atoms with E-state index >= 15 is 0 Å². The zero-order chi connectivity index (χ0) is 19.9. The van der Waals surface area contributed by atoms with Gasteiger partial charge in [0.2, 0.25) is 17.6 Å². The molecule has 1 aromatic heterocycles. The number of benzene rings is 2. The van der Waals surface area contributed by atoms with Crippen molar-refractivity contribution in [3.8, 4) is 5.75 Å². The molecule has 0 radical (unpaired) electrons. The van der Waals surface area contributed by atoms with E-state index in [-0.39, 0.29) is 25.0 Å². The third-order valence-electron chi connectivity index (χ3n) is 3.82. The fraction of sp³-hybridized carbons (Fsp3) is 0.200. The van der Waals surface area contributed by atoms with Crippen LogP contribution in [-0.2, 0) is 11.4 Å². The molecular formula is C20H20N4O4. The van der Waals surface area contributed by atoms with Crippen LogP contribution in [0.25, 0.3) is 0 Å². The van der Waals surface area contributed by atoms with E-state index in [1.807, 2.05) is 18.2 Å². The number of para-hydroxylation sites is 1. The minimum Gasteiger partial charge on any atom is -0.485 e. The lowest BCUT2D eigenvalue weighted by atomic mass is 10.2. The first kappa shape index (κ1) is 19.1. The molecule has 0 saturated carbocycles. The lowest BCUT2D eigenvalue weighted by Gasteiger charge is -2.17. The summed E-state index contributed by atoms with van der Waals surface area (Å²) in [6.07, 6.45) is 0. The van der Waals surface area contributed by atoms with Crippen LogP contribution in [0.1, 0.15) is 22.1 Å². The molecule has 8 nitrogen and oxygen atoms in total. The average molecular weight is 380 g/mol. The van der Waals surface area contributed by atoms with Crippen LogP contribution in [0.15, 0.2) is 59.1 Å². The molecule has 3 aromatic rings. The fourth-order valence-corrected chi connectivity index (χ4v) is 2.47. The molecule has 1 heterocycles. The van der Waals surface area contributed by atoms with Crippen molar-refractivity contribution in [2.24, 2.45) is 0 Å². The molecule has 2 aromatic carbocycles. The third kappa shape index (κ3) is 5.16. The van der Waals surface area contributed by atoms with Gasteiger partial charge < -0.3 is 19.5 Å². The number of anilines is 1. The Hall–Kier alpha value is -3.68. The van der Waals surface area contributed by atoms with Gasteiger partial charge in [0, 0.05) is 25.2 Å². The Labute approximate surface area is 162 Å². The second-order valence-electron chi connectivity index (χ2n) is 6.12. The normalized spacial score (nSPS) is 10.4. The number of carbonyl (C=O) groups is 2. The molecule has 0 aliphatic heterocycles. The van der Waals surface area contributed by atoms with Gasteiger partial charge in [-0.1, -0.05) is 23.4 Å². The maximum Gasteiger partial charge on any atom is 0.254 e. The predicted octanol–water partition coefficient (Wildman–Crippen LogP) is 2.67. The van der Waals surface area contributed by atoms with E-state index in [4.69, 9.17) is 9.26 Å². The van der Waals surface area contributed by atoms with Crippen molar-refractivity contribution in [3.63, 3.8) is 0 Å². The highest BCUT2D eigenvalue weighted by Crippen LogP contribution is 2.15. The van der Waals surface area contributed by atoms with Crippen molar-refractivity contribution in [3.05, 3.63) is 71.9 Å². The Balaban J connectivity index is 1.52. The molecule has 28 heavy (non-hydrogen) atoms. The average Bonchev–Trinajstić information content (AvgIpc) is 3.12. The molecule has 0 unspecified atom stereocenters. The minimum atomic E-state index is -0.266. The van der Waals surface area contributed by atoms with Gasteiger partial charge in [0.25, 0.3) is 5.91 Å². The molecule has 0 aliphatic carbocycles. The highest BCUT2D eigenvalue weighted by Gasteiger charge is 2.15. The number of ether oxygens (including phenoxy) is 1. The van der Waals surface area contributed by atoms with Crippen LogP contribution < -0.4 is 10.1 Å². The standard InChI is InChI=1S/C20H20N4O4/c1-14-21-18(23-28-14)13-27-17-10-8-15(9-11-17)20(26)24(2)12-19(25)22-16-6-4-3-5-7-16/h3-11H,12-13H2,1-2H3,(H,22,25). The number of hydrogen-bond donors (Lipinski definition) is 1. The lowest BCUT2D eigenvalue weighted by molar-refractivity contribution is -0.116. The van der Waals surface area contributed by atoms with E-state index in [2.05, 4.69) is 15.5 Å². The third-order valence-corrected chi connectivity index (χ3v) is 3.82. The molecule has 3 rings (SSSR count). The first-order valence-electron chi connectivity index (χ1n) is 8.63. The van der Waals surface area contributed by atoms with Gasteiger partial charge in [-0.25, -0.2) is 0 Å². The fourth-order valence-electron chi connectivity index (χ4n) is 2.47. The Kier molecular flexibility index (Phi) is 6.01. The molecule has 1 N–H and O–H groups in total. The van der Waals surface area contributed by atoms with Gasteiger partial charge in [0.1, 0.15) is 5.75 Å². The van der Waals surface area contributed by atoms with Gasteiger partial charge in [-0.15, -0.1) is 0 Å². The Morgan fingerprint density at radius 1 is 1.11 bits per heavy atom. The van der Waals surface area contributed by atoms with Crippen LogP contribution in [-0.4, -0.2) is 40.4 Å². The molecule has 0 fully saturated rings. The largest absolute Gasteiger partial charge is 0.485 e. The Bertz CT molecular complexity index is 938. The number of aryl methyl sites for hydroxylation is 1. The van der Waals surface area contributed by atoms with Crippen molar-refractivity contribution in [2.45, 2.75) is 13.5 Å². The monoisotopic (exact) mass is 380 g/mol. The number of nitrogens with one attached hydrogen (secondary N) is 1. The zero-order valence-corrected chi connectivity index (χ0v) is 15.6. The van der Waals surface area contributed by atoms with Crippen LogP contribution in [0.3, 0.4) is 0 Å². The summed E-state index contributed by atoms with van der Waals surface area (Å²) in [4.78, 5) is 30.0. The van der Waals surface area contributed by atoms with Crippen LogP contribution in [0.4, 0.5) is 5.69 Å². The summed E-state index contributed by atoms with van der Waals surface area (Å²) in [5.41, 5.74) is 1.14. The quantitative estimate of drug-likeness (QED) is 0.677. The van der Waals surface area contributed by atoms with Gasteiger partial charge in [-0.05, 0) is 36.4 Å². The SMILES string of the molecule is Cc1nc(COc2ccc(C(=O)N(C)CC(=O)Nc3ccccc3)cc2)no1. The second-order valence-corrected chi connectivity index (χ2v) is 6.12. The Morgan fingerprint density at radius 3 is 2.46 bits per heavy atom. The van der Waals surface area contributed by atoms with Crippen molar-refractivity contribution < 1.29 is 18.8 Å². The summed E-state index contributed by atoms with van der Waals surface area (Å²) in [5.74, 6) is 0.963. The molecule has 144 valence electrons. The van der Waals surface area contributed by atoms with Crippen molar-refractivity contribution >= 4 is 17.5 Å². The van der Waals surface area contributed by atoms with Gasteiger partial charge in [-0.2, -0.15) is 4.98 Å². The smallest absolute Gasteiger partial charge is 0.254 e. The number of amides is 2. The topological polar surface area (TPSA) is 97.6 Å². The molecule has 0 aliphatic rings. The van der Waals surface area contributed by atoms with E-state index in [0.717, 1.165) is 0 Å². The van der Waals surface area contributed by atoms with E-state index in [1.165, 1.54) is 4.90 Å². The second kappa shape index (κ2) is 8.81.